The van der Waals surface area contributed by atoms with Crippen molar-refractivity contribution in [3.05, 3.63) is 48.7 Å². The number of esters is 1. The van der Waals surface area contributed by atoms with Gasteiger partial charge in [-0.05, 0) is 35.9 Å². The average molecular weight is 312 g/mol. The van der Waals surface area contributed by atoms with Crippen molar-refractivity contribution < 1.29 is 23.4 Å². The Kier molecular flexibility index (Phi) is 4.19. The number of benzene rings is 2. The first-order chi connectivity index (χ1) is 11.2. The minimum Gasteiger partial charge on any atom is -0.497 e. The van der Waals surface area contributed by atoms with Crippen LogP contribution < -0.4 is 9.47 Å². The first kappa shape index (κ1) is 15.0. The van der Waals surface area contributed by atoms with Crippen LogP contribution in [0.2, 0.25) is 0 Å². The van der Waals surface area contributed by atoms with Crippen LogP contribution in [0.4, 0.5) is 0 Å². The molecule has 0 atom stereocenters. The number of fused-ring (bicyclic) bond motifs is 1. The monoisotopic (exact) mass is 312 g/mol. The van der Waals surface area contributed by atoms with E-state index in [1.807, 2.05) is 36.4 Å². The third-order valence-corrected chi connectivity index (χ3v) is 3.53. The van der Waals surface area contributed by atoms with E-state index in [9.17, 15) is 4.79 Å². The molecule has 0 amide bonds. The Morgan fingerprint density at radius 1 is 1.04 bits per heavy atom. The van der Waals surface area contributed by atoms with E-state index in [1.165, 1.54) is 7.11 Å². The van der Waals surface area contributed by atoms with Crippen LogP contribution in [0.5, 0.6) is 11.5 Å². The van der Waals surface area contributed by atoms with Gasteiger partial charge in [0.2, 0.25) is 0 Å². The molecule has 0 saturated carbocycles. The second-order valence-electron chi connectivity index (χ2n) is 4.90. The van der Waals surface area contributed by atoms with Gasteiger partial charge in [-0.2, -0.15) is 0 Å². The molecule has 118 valence electrons. The predicted molar refractivity (Wildman–Crippen MR) is 85.7 cm³/mol. The van der Waals surface area contributed by atoms with Gasteiger partial charge in [0.15, 0.2) is 6.61 Å². The smallest absolute Gasteiger partial charge is 0.343 e. The van der Waals surface area contributed by atoms with Crippen molar-refractivity contribution in [2.45, 2.75) is 0 Å². The molecule has 3 aromatic rings. The van der Waals surface area contributed by atoms with Crippen molar-refractivity contribution >= 4 is 16.9 Å². The zero-order chi connectivity index (χ0) is 16.2. The standard InChI is InChI=1S/C18H16O5/c1-20-13-5-3-12(4-6-13)16-10-23-17-8-7-14(9-15(16)17)22-11-18(19)21-2/h3-10H,11H2,1-2H3. The molecule has 1 aromatic heterocycles. The molecule has 2 aromatic carbocycles. The number of carbonyl (C=O) groups excluding carboxylic acids is 1. The van der Waals surface area contributed by atoms with E-state index in [1.54, 1.807) is 19.4 Å². The molecule has 0 unspecified atom stereocenters. The summed E-state index contributed by atoms with van der Waals surface area (Å²) in [6.45, 7) is -0.127. The lowest BCUT2D eigenvalue weighted by Gasteiger charge is -2.05. The molecular formula is C18H16O5. The Morgan fingerprint density at radius 3 is 2.48 bits per heavy atom. The average Bonchev–Trinajstić information content (AvgIpc) is 3.02. The molecule has 0 fully saturated rings. The normalized spacial score (nSPS) is 10.5. The first-order valence-corrected chi connectivity index (χ1v) is 7.06. The SMILES string of the molecule is COC(=O)COc1ccc2occ(-c3ccc(OC)cc3)c2c1. The van der Waals surface area contributed by atoms with E-state index in [0.29, 0.717) is 5.75 Å². The van der Waals surface area contributed by atoms with Crippen LogP contribution in [0.1, 0.15) is 0 Å². The van der Waals surface area contributed by atoms with E-state index in [2.05, 4.69) is 4.74 Å². The Morgan fingerprint density at radius 2 is 1.78 bits per heavy atom. The van der Waals surface area contributed by atoms with Gasteiger partial charge in [0.1, 0.15) is 17.1 Å². The summed E-state index contributed by atoms with van der Waals surface area (Å²) in [5.74, 6) is 0.954. The van der Waals surface area contributed by atoms with E-state index in [4.69, 9.17) is 13.9 Å². The van der Waals surface area contributed by atoms with Crippen LogP contribution in [0.3, 0.4) is 0 Å². The van der Waals surface area contributed by atoms with E-state index in [-0.39, 0.29) is 6.61 Å². The minimum absolute atomic E-state index is 0.127. The fourth-order valence-corrected chi connectivity index (χ4v) is 2.29. The summed E-state index contributed by atoms with van der Waals surface area (Å²) in [6, 6.07) is 13.1. The maximum absolute atomic E-state index is 11.2. The van der Waals surface area contributed by atoms with Gasteiger partial charge in [-0.3, -0.25) is 0 Å². The highest BCUT2D eigenvalue weighted by Gasteiger charge is 2.10. The van der Waals surface area contributed by atoms with Crippen LogP contribution >= 0.6 is 0 Å². The molecule has 0 aliphatic rings. The lowest BCUT2D eigenvalue weighted by Crippen LogP contribution is -2.12. The van der Waals surface area contributed by atoms with Gasteiger partial charge in [-0.25, -0.2) is 4.79 Å². The minimum atomic E-state index is -0.423. The summed E-state index contributed by atoms with van der Waals surface area (Å²) in [5.41, 5.74) is 2.71. The lowest BCUT2D eigenvalue weighted by molar-refractivity contribution is -0.142. The van der Waals surface area contributed by atoms with Gasteiger partial charge in [0.05, 0.1) is 20.5 Å². The second kappa shape index (κ2) is 6.44. The Labute approximate surface area is 133 Å². The van der Waals surface area contributed by atoms with E-state index < -0.39 is 5.97 Å². The molecule has 1 heterocycles. The topological polar surface area (TPSA) is 57.9 Å². The zero-order valence-corrected chi connectivity index (χ0v) is 12.9. The van der Waals surface area contributed by atoms with E-state index in [0.717, 1.165) is 27.8 Å². The third kappa shape index (κ3) is 3.13. The number of rotatable bonds is 5. The van der Waals surface area contributed by atoms with Crippen LogP contribution in [0.15, 0.2) is 53.1 Å². The fraction of sp³-hybridized carbons (Fsp3) is 0.167. The number of hydrogen-bond donors (Lipinski definition) is 0. The van der Waals surface area contributed by atoms with Crippen molar-refractivity contribution in [3.63, 3.8) is 0 Å². The summed E-state index contributed by atoms with van der Waals surface area (Å²) < 4.78 is 20.7. The van der Waals surface area contributed by atoms with Gasteiger partial charge in [-0.15, -0.1) is 0 Å². The lowest BCUT2D eigenvalue weighted by atomic mass is 10.0. The molecule has 0 aliphatic heterocycles. The molecule has 0 saturated heterocycles. The predicted octanol–water partition coefficient (Wildman–Crippen LogP) is 3.66. The van der Waals surface area contributed by atoms with Crippen molar-refractivity contribution in [1.82, 2.24) is 0 Å². The maximum atomic E-state index is 11.2. The zero-order valence-electron chi connectivity index (χ0n) is 12.9. The van der Waals surface area contributed by atoms with Gasteiger partial charge in [-0.1, -0.05) is 12.1 Å². The van der Waals surface area contributed by atoms with Gasteiger partial charge in [0.25, 0.3) is 0 Å². The van der Waals surface area contributed by atoms with E-state index >= 15 is 0 Å². The Bertz CT molecular complexity index is 817. The van der Waals surface area contributed by atoms with Crippen LogP contribution in [0.25, 0.3) is 22.1 Å². The number of ether oxygens (including phenoxy) is 3. The first-order valence-electron chi connectivity index (χ1n) is 7.06. The summed E-state index contributed by atoms with van der Waals surface area (Å²) in [4.78, 5) is 11.2. The largest absolute Gasteiger partial charge is 0.497 e. The summed E-state index contributed by atoms with van der Waals surface area (Å²) in [7, 11) is 2.96. The second-order valence-corrected chi connectivity index (χ2v) is 4.90. The van der Waals surface area contributed by atoms with Crippen LogP contribution in [0, 0.1) is 0 Å². The highest BCUT2D eigenvalue weighted by molar-refractivity contribution is 5.94. The summed E-state index contributed by atoms with van der Waals surface area (Å²) in [5, 5.41) is 0.914. The number of furan rings is 1. The highest BCUT2D eigenvalue weighted by atomic mass is 16.6. The molecular weight excluding hydrogens is 296 g/mol. The Balaban J connectivity index is 1.92. The maximum Gasteiger partial charge on any atom is 0.343 e. The van der Waals surface area contributed by atoms with Crippen molar-refractivity contribution in [2.24, 2.45) is 0 Å². The molecule has 0 bridgehead atoms. The van der Waals surface area contributed by atoms with Crippen LogP contribution in [-0.4, -0.2) is 26.8 Å². The van der Waals surface area contributed by atoms with Gasteiger partial charge >= 0.3 is 5.97 Å². The number of hydrogen-bond acceptors (Lipinski definition) is 5. The van der Waals surface area contributed by atoms with Gasteiger partial charge in [0, 0.05) is 10.9 Å². The molecule has 0 radical (unpaired) electrons. The Hall–Kier alpha value is -2.95. The van der Waals surface area contributed by atoms with Gasteiger partial charge < -0.3 is 18.6 Å². The molecule has 3 rings (SSSR count). The molecule has 0 spiro atoms. The highest BCUT2D eigenvalue weighted by Crippen LogP contribution is 2.33. The molecule has 5 heteroatoms. The number of methoxy groups -OCH3 is 2. The molecule has 23 heavy (non-hydrogen) atoms. The third-order valence-electron chi connectivity index (χ3n) is 3.53. The summed E-state index contributed by atoms with van der Waals surface area (Å²) in [6.07, 6.45) is 1.70. The molecule has 5 nitrogen and oxygen atoms in total. The molecule has 0 N–H and O–H groups in total. The van der Waals surface area contributed by atoms with Crippen LogP contribution in [-0.2, 0) is 9.53 Å². The quantitative estimate of drug-likeness (QED) is 0.673. The molecule has 0 aliphatic carbocycles. The van der Waals surface area contributed by atoms with Crippen molar-refractivity contribution in [2.75, 3.05) is 20.8 Å². The van der Waals surface area contributed by atoms with Crippen molar-refractivity contribution in [1.29, 1.82) is 0 Å². The number of carbonyl (C=O) groups is 1. The summed E-state index contributed by atoms with van der Waals surface area (Å²) >= 11 is 0. The van der Waals surface area contributed by atoms with Crippen molar-refractivity contribution in [3.8, 4) is 22.6 Å². The fourth-order valence-electron chi connectivity index (χ4n) is 2.29.